The number of nitrogens with zero attached hydrogens (tertiary/aromatic N) is 1. The first-order valence-electron chi connectivity index (χ1n) is 11.3. The Kier molecular flexibility index (Phi) is 7.89. The zero-order valence-electron chi connectivity index (χ0n) is 19.5. The van der Waals surface area contributed by atoms with Crippen LogP contribution in [0.15, 0.2) is 42.6 Å². The summed E-state index contributed by atoms with van der Waals surface area (Å²) in [5.41, 5.74) is 1.46. The molecule has 0 radical (unpaired) electrons. The van der Waals surface area contributed by atoms with E-state index < -0.39 is 0 Å². The molecule has 10 heteroatoms. The van der Waals surface area contributed by atoms with E-state index in [0.29, 0.717) is 64.0 Å². The minimum Gasteiger partial charge on any atom is -0.496 e. The third-order valence-electron chi connectivity index (χ3n) is 5.41. The number of carbonyl (C=O) groups excluding carboxylic acids is 2. The molecule has 0 aliphatic heterocycles. The minimum absolute atomic E-state index is 0.243. The van der Waals surface area contributed by atoms with Gasteiger partial charge in [-0.1, -0.05) is 11.6 Å². The van der Waals surface area contributed by atoms with Crippen molar-refractivity contribution >= 4 is 40.1 Å². The number of anilines is 1. The molecule has 1 heterocycles. The van der Waals surface area contributed by atoms with E-state index in [9.17, 15) is 9.59 Å². The van der Waals surface area contributed by atoms with Crippen LogP contribution in [0.1, 0.15) is 29.6 Å². The van der Waals surface area contributed by atoms with Crippen molar-refractivity contribution < 1.29 is 23.8 Å². The molecule has 0 spiro atoms. The van der Waals surface area contributed by atoms with Crippen LogP contribution in [0.25, 0.3) is 10.9 Å². The second kappa shape index (κ2) is 11.2. The Morgan fingerprint density at radius 2 is 1.94 bits per heavy atom. The van der Waals surface area contributed by atoms with Crippen LogP contribution < -0.4 is 25.4 Å². The molecule has 0 atom stereocenters. The summed E-state index contributed by atoms with van der Waals surface area (Å²) in [4.78, 5) is 29.2. The average molecular weight is 499 g/mol. The van der Waals surface area contributed by atoms with E-state index in [4.69, 9.17) is 25.8 Å². The number of amides is 3. The lowest BCUT2D eigenvalue weighted by Gasteiger charge is -2.14. The van der Waals surface area contributed by atoms with E-state index in [1.807, 2.05) is 0 Å². The molecule has 35 heavy (non-hydrogen) atoms. The SMILES string of the molecule is COCCCNC(=O)c1cc2c(Oc3ccc(NC(=O)NC4CC4)c(Cl)c3)ccnc2cc1OC. The summed E-state index contributed by atoms with van der Waals surface area (Å²) >= 11 is 6.37. The fraction of sp³-hybridized carbons (Fsp3) is 0.320. The molecular weight excluding hydrogens is 472 g/mol. The molecule has 0 saturated heterocycles. The molecule has 3 aromatic rings. The van der Waals surface area contributed by atoms with Crippen LogP contribution in [-0.2, 0) is 4.74 Å². The minimum atomic E-state index is -0.287. The van der Waals surface area contributed by atoms with Crippen molar-refractivity contribution in [2.75, 3.05) is 32.7 Å². The Hall–Kier alpha value is -3.56. The second-order valence-corrected chi connectivity index (χ2v) is 8.50. The van der Waals surface area contributed by atoms with E-state index in [-0.39, 0.29) is 18.0 Å². The number of methoxy groups -OCH3 is 2. The molecule has 0 bridgehead atoms. The predicted molar refractivity (Wildman–Crippen MR) is 134 cm³/mol. The monoisotopic (exact) mass is 498 g/mol. The lowest BCUT2D eigenvalue weighted by atomic mass is 10.1. The highest BCUT2D eigenvalue weighted by atomic mass is 35.5. The van der Waals surface area contributed by atoms with Crippen LogP contribution in [0.5, 0.6) is 17.2 Å². The van der Waals surface area contributed by atoms with Gasteiger partial charge >= 0.3 is 6.03 Å². The van der Waals surface area contributed by atoms with Crippen LogP contribution in [0, 0.1) is 0 Å². The van der Waals surface area contributed by atoms with E-state index in [0.717, 1.165) is 12.8 Å². The first-order chi connectivity index (χ1) is 17.0. The number of fused-ring (bicyclic) bond motifs is 1. The van der Waals surface area contributed by atoms with Gasteiger partial charge in [0.1, 0.15) is 17.2 Å². The van der Waals surface area contributed by atoms with Gasteiger partial charge in [-0.15, -0.1) is 0 Å². The third-order valence-corrected chi connectivity index (χ3v) is 5.72. The quantitative estimate of drug-likeness (QED) is 0.348. The van der Waals surface area contributed by atoms with Crippen molar-refractivity contribution in [3.8, 4) is 17.2 Å². The van der Waals surface area contributed by atoms with Gasteiger partial charge in [-0.3, -0.25) is 9.78 Å². The number of pyridine rings is 1. The van der Waals surface area contributed by atoms with Crippen LogP contribution in [-0.4, -0.2) is 50.3 Å². The van der Waals surface area contributed by atoms with Crippen LogP contribution in [0.2, 0.25) is 5.02 Å². The Labute approximate surface area is 208 Å². The van der Waals surface area contributed by atoms with Crippen LogP contribution in [0.4, 0.5) is 10.5 Å². The van der Waals surface area contributed by atoms with Crippen molar-refractivity contribution in [1.82, 2.24) is 15.6 Å². The summed E-state index contributed by atoms with van der Waals surface area (Å²) in [5.74, 6) is 1.11. The van der Waals surface area contributed by atoms with E-state index >= 15 is 0 Å². The van der Waals surface area contributed by atoms with Gasteiger partial charge in [0, 0.05) is 50.0 Å². The molecule has 1 aliphatic carbocycles. The third kappa shape index (κ3) is 6.32. The highest BCUT2D eigenvalue weighted by Gasteiger charge is 2.23. The highest BCUT2D eigenvalue weighted by molar-refractivity contribution is 6.33. The van der Waals surface area contributed by atoms with Crippen molar-refractivity contribution in [2.45, 2.75) is 25.3 Å². The summed E-state index contributed by atoms with van der Waals surface area (Å²) in [5, 5.41) is 9.44. The summed E-state index contributed by atoms with van der Waals surface area (Å²) in [6.07, 6.45) is 4.30. The summed E-state index contributed by atoms with van der Waals surface area (Å²) in [6.45, 7) is 1.03. The van der Waals surface area contributed by atoms with Crippen LogP contribution in [0.3, 0.4) is 0 Å². The number of ether oxygens (including phenoxy) is 3. The topological polar surface area (TPSA) is 111 Å². The molecule has 1 saturated carbocycles. The summed E-state index contributed by atoms with van der Waals surface area (Å²) < 4.78 is 16.5. The number of rotatable bonds is 10. The van der Waals surface area contributed by atoms with Gasteiger partial charge in [0.2, 0.25) is 0 Å². The lowest BCUT2D eigenvalue weighted by Crippen LogP contribution is -2.30. The van der Waals surface area contributed by atoms with Crippen LogP contribution >= 0.6 is 11.6 Å². The molecule has 2 aromatic carbocycles. The lowest BCUT2D eigenvalue weighted by molar-refractivity contribution is 0.0945. The molecule has 184 valence electrons. The van der Waals surface area contributed by atoms with Gasteiger partial charge in [-0.2, -0.15) is 0 Å². The maximum absolute atomic E-state index is 12.8. The van der Waals surface area contributed by atoms with Gasteiger partial charge in [0.25, 0.3) is 5.91 Å². The largest absolute Gasteiger partial charge is 0.496 e. The van der Waals surface area contributed by atoms with E-state index in [1.54, 1.807) is 49.7 Å². The first-order valence-corrected chi connectivity index (χ1v) is 11.6. The normalized spacial score (nSPS) is 12.8. The Bertz CT molecular complexity index is 1230. The second-order valence-electron chi connectivity index (χ2n) is 8.10. The maximum atomic E-state index is 12.8. The van der Waals surface area contributed by atoms with Crippen molar-refractivity contribution in [3.05, 3.63) is 53.2 Å². The molecular formula is C25H27ClN4O5. The van der Waals surface area contributed by atoms with E-state index in [2.05, 4.69) is 20.9 Å². The number of aromatic nitrogens is 1. The van der Waals surface area contributed by atoms with Crippen molar-refractivity contribution in [1.29, 1.82) is 0 Å². The number of carbonyl (C=O) groups is 2. The standard InChI is InChI=1S/C25H27ClN4O5/c1-33-11-3-9-28-24(31)18-13-17-21(14-23(18)34-2)27-10-8-22(17)35-16-6-7-20(19(26)12-16)30-25(32)29-15-4-5-15/h6-8,10,12-15H,3-5,9,11H2,1-2H3,(H,28,31)(H2,29,30,32). The summed E-state index contributed by atoms with van der Waals surface area (Å²) in [7, 11) is 3.12. The molecule has 1 fully saturated rings. The number of halogens is 1. The Morgan fingerprint density at radius 3 is 2.66 bits per heavy atom. The number of nitrogens with one attached hydrogen (secondary N) is 3. The Morgan fingerprint density at radius 1 is 1.11 bits per heavy atom. The van der Waals surface area contributed by atoms with Crippen molar-refractivity contribution in [2.24, 2.45) is 0 Å². The number of hydrogen-bond acceptors (Lipinski definition) is 6. The molecule has 1 aliphatic rings. The van der Waals surface area contributed by atoms with Gasteiger partial charge in [-0.25, -0.2) is 4.79 Å². The van der Waals surface area contributed by atoms with Gasteiger partial charge in [0.05, 0.1) is 28.9 Å². The van der Waals surface area contributed by atoms with Gasteiger partial charge < -0.3 is 30.2 Å². The molecule has 9 nitrogen and oxygen atoms in total. The number of benzene rings is 2. The highest BCUT2D eigenvalue weighted by Crippen LogP contribution is 2.35. The molecule has 0 unspecified atom stereocenters. The molecule has 1 aromatic heterocycles. The van der Waals surface area contributed by atoms with Crippen molar-refractivity contribution in [3.63, 3.8) is 0 Å². The number of hydrogen-bond donors (Lipinski definition) is 3. The predicted octanol–water partition coefficient (Wildman–Crippen LogP) is 4.74. The smallest absolute Gasteiger partial charge is 0.319 e. The molecule has 3 N–H and O–H groups in total. The number of urea groups is 1. The van der Waals surface area contributed by atoms with Gasteiger partial charge in [-0.05, 0) is 43.5 Å². The molecule has 3 amide bonds. The zero-order chi connectivity index (χ0) is 24.8. The average Bonchev–Trinajstić information content (AvgIpc) is 3.66. The maximum Gasteiger partial charge on any atom is 0.319 e. The summed E-state index contributed by atoms with van der Waals surface area (Å²) in [6, 6.07) is 10.1. The van der Waals surface area contributed by atoms with E-state index in [1.165, 1.54) is 7.11 Å². The van der Waals surface area contributed by atoms with Gasteiger partial charge in [0.15, 0.2) is 0 Å². The fourth-order valence-corrected chi connectivity index (χ4v) is 3.67. The fourth-order valence-electron chi connectivity index (χ4n) is 3.46. The Balaban J connectivity index is 1.55. The first kappa shape index (κ1) is 24.6. The zero-order valence-corrected chi connectivity index (χ0v) is 20.3. The molecule has 4 rings (SSSR count).